The number of aryl methyl sites for hydroxylation is 2. The van der Waals surface area contributed by atoms with E-state index in [9.17, 15) is 22.8 Å². The summed E-state index contributed by atoms with van der Waals surface area (Å²) in [4.78, 5) is 25.4. The SMILES string of the molecule is COC(=O)c1cc(C)sc1NC(=O)c1noc(C)c1COc1cccc(C(F)(F)F)c1. The molecular formula is C20H17F3N2O5S. The molecule has 2 heterocycles. The second-order valence-corrected chi connectivity index (χ2v) is 7.68. The van der Waals surface area contributed by atoms with Gasteiger partial charge in [-0.2, -0.15) is 13.2 Å². The van der Waals surface area contributed by atoms with Gasteiger partial charge in [0.15, 0.2) is 5.69 Å². The number of alkyl halides is 3. The minimum Gasteiger partial charge on any atom is -0.489 e. The number of carbonyl (C=O) groups excluding carboxylic acids is 2. The first-order chi connectivity index (χ1) is 14.6. The lowest BCUT2D eigenvalue weighted by molar-refractivity contribution is -0.137. The Morgan fingerprint density at radius 2 is 1.97 bits per heavy atom. The number of nitrogens with zero attached hydrogens (tertiary/aromatic N) is 1. The third-order valence-corrected chi connectivity index (χ3v) is 5.20. The third kappa shape index (κ3) is 5.05. The topological polar surface area (TPSA) is 90.7 Å². The first-order valence-electron chi connectivity index (χ1n) is 8.85. The van der Waals surface area contributed by atoms with Gasteiger partial charge in [0.05, 0.1) is 23.8 Å². The largest absolute Gasteiger partial charge is 0.489 e. The predicted octanol–water partition coefficient (Wildman–Crippen LogP) is 4.99. The summed E-state index contributed by atoms with van der Waals surface area (Å²) in [7, 11) is 1.23. The van der Waals surface area contributed by atoms with E-state index in [4.69, 9.17) is 14.0 Å². The zero-order valence-electron chi connectivity index (χ0n) is 16.6. The van der Waals surface area contributed by atoms with Crippen molar-refractivity contribution in [1.82, 2.24) is 5.16 Å². The van der Waals surface area contributed by atoms with E-state index in [2.05, 4.69) is 10.5 Å². The van der Waals surface area contributed by atoms with Gasteiger partial charge in [-0.15, -0.1) is 11.3 Å². The molecule has 3 aromatic rings. The van der Waals surface area contributed by atoms with Gasteiger partial charge in [0.2, 0.25) is 0 Å². The van der Waals surface area contributed by atoms with Gasteiger partial charge in [0.1, 0.15) is 23.1 Å². The molecule has 31 heavy (non-hydrogen) atoms. The van der Waals surface area contributed by atoms with Gasteiger partial charge >= 0.3 is 12.1 Å². The number of hydrogen-bond donors (Lipinski definition) is 1. The lowest BCUT2D eigenvalue weighted by Gasteiger charge is -2.10. The highest BCUT2D eigenvalue weighted by Gasteiger charge is 2.31. The van der Waals surface area contributed by atoms with Crippen molar-refractivity contribution in [2.75, 3.05) is 12.4 Å². The summed E-state index contributed by atoms with van der Waals surface area (Å²) in [6.07, 6.45) is -4.51. The Morgan fingerprint density at radius 1 is 1.23 bits per heavy atom. The Morgan fingerprint density at radius 3 is 2.65 bits per heavy atom. The fourth-order valence-corrected chi connectivity index (χ4v) is 3.58. The average molecular weight is 454 g/mol. The first kappa shape index (κ1) is 22.3. The molecule has 0 spiro atoms. The normalized spacial score (nSPS) is 11.3. The maximum Gasteiger partial charge on any atom is 0.416 e. The Kier molecular flexibility index (Phi) is 6.34. The highest BCUT2D eigenvalue weighted by atomic mass is 32.1. The van der Waals surface area contributed by atoms with Crippen molar-refractivity contribution in [2.45, 2.75) is 26.6 Å². The smallest absolute Gasteiger partial charge is 0.416 e. The molecule has 0 saturated heterocycles. The lowest BCUT2D eigenvalue weighted by Crippen LogP contribution is -2.16. The molecule has 1 N–H and O–H groups in total. The Labute approximate surface area is 178 Å². The molecule has 11 heteroatoms. The molecule has 0 fully saturated rings. The number of ether oxygens (including phenoxy) is 2. The second kappa shape index (κ2) is 8.80. The monoisotopic (exact) mass is 454 g/mol. The van der Waals surface area contributed by atoms with Crippen molar-refractivity contribution < 1.29 is 36.8 Å². The number of thiophene rings is 1. The number of benzene rings is 1. The van der Waals surface area contributed by atoms with Crippen LogP contribution in [0.1, 0.15) is 42.6 Å². The number of aromatic nitrogens is 1. The molecular weight excluding hydrogens is 437 g/mol. The van der Waals surface area contributed by atoms with Crippen molar-refractivity contribution in [3.05, 3.63) is 63.4 Å². The van der Waals surface area contributed by atoms with Crippen LogP contribution in [-0.4, -0.2) is 24.1 Å². The molecule has 164 valence electrons. The second-order valence-electron chi connectivity index (χ2n) is 6.43. The number of hydrogen-bond acceptors (Lipinski definition) is 7. The van der Waals surface area contributed by atoms with Crippen molar-refractivity contribution in [1.29, 1.82) is 0 Å². The molecule has 7 nitrogen and oxygen atoms in total. The fourth-order valence-electron chi connectivity index (χ4n) is 2.69. The van der Waals surface area contributed by atoms with Crippen LogP contribution in [0.15, 0.2) is 34.9 Å². The summed E-state index contributed by atoms with van der Waals surface area (Å²) < 4.78 is 53.8. The number of methoxy groups -OCH3 is 1. The molecule has 1 aromatic carbocycles. The van der Waals surface area contributed by atoms with E-state index in [-0.39, 0.29) is 39.9 Å². The van der Waals surface area contributed by atoms with Crippen molar-refractivity contribution >= 4 is 28.2 Å². The standard InChI is InChI=1S/C20H17F3N2O5S/c1-10-7-14(19(27)28-3)18(31-10)24-17(26)16-15(11(2)30-25-16)9-29-13-6-4-5-12(8-13)20(21,22)23/h4-8H,9H2,1-3H3,(H,24,26). The molecule has 0 aliphatic carbocycles. The van der Waals surface area contributed by atoms with E-state index >= 15 is 0 Å². The molecule has 2 aromatic heterocycles. The minimum atomic E-state index is -4.51. The predicted molar refractivity (Wildman–Crippen MR) is 105 cm³/mol. The van der Waals surface area contributed by atoms with Gasteiger partial charge in [-0.25, -0.2) is 4.79 Å². The van der Waals surface area contributed by atoms with Gasteiger partial charge in [0, 0.05) is 4.88 Å². The van der Waals surface area contributed by atoms with Gasteiger partial charge in [0.25, 0.3) is 5.91 Å². The van der Waals surface area contributed by atoms with Crippen LogP contribution in [0, 0.1) is 13.8 Å². The lowest BCUT2D eigenvalue weighted by atomic mass is 10.2. The van der Waals surface area contributed by atoms with E-state index in [1.54, 1.807) is 19.9 Å². The Balaban J connectivity index is 1.79. The molecule has 3 rings (SSSR count). The van der Waals surface area contributed by atoms with Crippen LogP contribution in [0.2, 0.25) is 0 Å². The first-order valence-corrected chi connectivity index (χ1v) is 9.67. The summed E-state index contributed by atoms with van der Waals surface area (Å²) in [5.41, 5.74) is -0.497. The molecule has 0 aliphatic rings. The average Bonchev–Trinajstić information content (AvgIpc) is 3.27. The van der Waals surface area contributed by atoms with Crippen LogP contribution in [0.25, 0.3) is 0 Å². The molecule has 0 unspecified atom stereocenters. The van der Waals surface area contributed by atoms with E-state index < -0.39 is 23.6 Å². The maximum absolute atomic E-state index is 12.9. The highest BCUT2D eigenvalue weighted by Crippen LogP contribution is 2.32. The van der Waals surface area contributed by atoms with Crippen LogP contribution in [0.3, 0.4) is 0 Å². The van der Waals surface area contributed by atoms with Crippen molar-refractivity contribution in [3.8, 4) is 5.75 Å². The number of halogens is 3. The van der Waals surface area contributed by atoms with E-state index in [1.807, 2.05) is 0 Å². The quantitative estimate of drug-likeness (QED) is 0.528. The van der Waals surface area contributed by atoms with Gasteiger partial charge in [-0.1, -0.05) is 11.2 Å². The molecule has 0 bridgehead atoms. The highest BCUT2D eigenvalue weighted by molar-refractivity contribution is 7.16. The van der Waals surface area contributed by atoms with Crippen LogP contribution in [0.4, 0.5) is 18.2 Å². The van der Waals surface area contributed by atoms with E-state index in [1.165, 1.54) is 30.6 Å². The third-order valence-electron chi connectivity index (χ3n) is 4.23. The molecule has 0 saturated carbocycles. The van der Waals surface area contributed by atoms with Crippen molar-refractivity contribution in [2.24, 2.45) is 0 Å². The Bertz CT molecular complexity index is 1120. The van der Waals surface area contributed by atoms with Crippen LogP contribution >= 0.6 is 11.3 Å². The fraction of sp³-hybridized carbons (Fsp3) is 0.250. The van der Waals surface area contributed by atoms with Crippen molar-refractivity contribution in [3.63, 3.8) is 0 Å². The summed E-state index contributed by atoms with van der Waals surface area (Å²) in [6, 6.07) is 5.96. The molecule has 1 amide bonds. The number of rotatable bonds is 6. The van der Waals surface area contributed by atoms with Crippen LogP contribution in [0.5, 0.6) is 5.75 Å². The molecule has 0 atom stereocenters. The number of anilines is 1. The van der Waals surface area contributed by atoms with Gasteiger partial charge < -0.3 is 19.3 Å². The Hall–Kier alpha value is -3.34. The van der Waals surface area contributed by atoms with E-state index in [0.29, 0.717) is 0 Å². The zero-order chi connectivity index (χ0) is 22.8. The number of nitrogens with one attached hydrogen (secondary N) is 1. The molecule has 0 aliphatic heterocycles. The van der Waals surface area contributed by atoms with Crippen LogP contribution in [-0.2, 0) is 17.5 Å². The zero-order valence-corrected chi connectivity index (χ0v) is 17.4. The van der Waals surface area contributed by atoms with Crippen LogP contribution < -0.4 is 10.1 Å². The minimum absolute atomic E-state index is 0.0244. The van der Waals surface area contributed by atoms with Gasteiger partial charge in [-0.3, -0.25) is 4.79 Å². The number of amides is 1. The number of carbonyl (C=O) groups is 2. The molecule has 0 radical (unpaired) electrons. The van der Waals surface area contributed by atoms with E-state index in [0.717, 1.165) is 17.0 Å². The maximum atomic E-state index is 12.9. The van der Waals surface area contributed by atoms with Gasteiger partial charge in [-0.05, 0) is 38.1 Å². The summed E-state index contributed by atoms with van der Waals surface area (Å²) >= 11 is 1.18. The number of esters is 1. The summed E-state index contributed by atoms with van der Waals surface area (Å²) in [6.45, 7) is 3.07. The summed E-state index contributed by atoms with van der Waals surface area (Å²) in [5.74, 6) is -1.02. The summed E-state index contributed by atoms with van der Waals surface area (Å²) in [5, 5.41) is 6.60.